The van der Waals surface area contributed by atoms with Crippen LogP contribution in [-0.2, 0) is 9.53 Å². The van der Waals surface area contributed by atoms with Crippen LogP contribution in [0, 0.1) is 0 Å². The zero-order valence-electron chi connectivity index (χ0n) is 20.1. The first-order chi connectivity index (χ1) is 17.4. The topological polar surface area (TPSA) is 92.0 Å². The highest BCUT2D eigenvalue weighted by molar-refractivity contribution is 9.10. The number of benzene rings is 2. The number of rotatable bonds is 8. The Morgan fingerprint density at radius 1 is 1.25 bits per heavy atom. The van der Waals surface area contributed by atoms with Gasteiger partial charge in [0.05, 0.1) is 30.8 Å². The summed E-state index contributed by atoms with van der Waals surface area (Å²) in [5.74, 6) is 0.840. The number of ether oxygens (including phenoxy) is 3. The number of methoxy groups -OCH3 is 1. The van der Waals surface area contributed by atoms with E-state index in [-0.39, 0.29) is 30.4 Å². The van der Waals surface area contributed by atoms with E-state index in [1.165, 1.54) is 24.4 Å². The molecule has 4 rings (SSSR count). The Morgan fingerprint density at radius 3 is 2.75 bits per heavy atom. The molecule has 2 aromatic carbocycles. The van der Waals surface area contributed by atoms with E-state index < -0.39 is 5.97 Å². The van der Waals surface area contributed by atoms with E-state index in [2.05, 4.69) is 21.0 Å². The molecule has 1 saturated carbocycles. The summed E-state index contributed by atoms with van der Waals surface area (Å²) in [5.41, 5.74) is 0.818. The minimum atomic E-state index is -0.516. The highest BCUT2D eigenvalue weighted by atomic mass is 79.9. The second kappa shape index (κ2) is 11.9. The van der Waals surface area contributed by atoms with Crippen molar-refractivity contribution < 1.29 is 19.0 Å². The van der Waals surface area contributed by atoms with Crippen molar-refractivity contribution in [1.29, 1.82) is 0 Å². The lowest BCUT2D eigenvalue weighted by Gasteiger charge is -2.22. The molecule has 0 saturated heterocycles. The van der Waals surface area contributed by atoms with Crippen LogP contribution in [0.1, 0.15) is 56.3 Å². The first kappa shape index (κ1) is 26.2. The number of carbonyl (C=O) groups is 1. The van der Waals surface area contributed by atoms with Crippen LogP contribution in [0.15, 0.2) is 44.7 Å². The summed E-state index contributed by atoms with van der Waals surface area (Å²) in [6.07, 6.45) is 6.72. The van der Waals surface area contributed by atoms with Gasteiger partial charge in [0.15, 0.2) is 18.1 Å². The summed E-state index contributed by atoms with van der Waals surface area (Å²) in [6.45, 7) is 1.65. The van der Waals surface area contributed by atoms with Gasteiger partial charge >= 0.3 is 5.97 Å². The molecule has 0 radical (unpaired) electrons. The Hall–Kier alpha value is -2.91. The second-order valence-corrected chi connectivity index (χ2v) is 9.80. The van der Waals surface area contributed by atoms with E-state index in [0.29, 0.717) is 33.1 Å². The van der Waals surface area contributed by atoms with Gasteiger partial charge in [0.1, 0.15) is 5.82 Å². The van der Waals surface area contributed by atoms with Crippen LogP contribution in [0.2, 0.25) is 5.02 Å². The molecular formula is C26H27BrClN3O5. The lowest BCUT2D eigenvalue weighted by molar-refractivity contribution is -0.145. The van der Waals surface area contributed by atoms with Gasteiger partial charge in [0.25, 0.3) is 5.56 Å². The molecule has 0 spiro atoms. The maximum atomic E-state index is 13.6. The molecule has 10 heteroatoms. The Bertz CT molecular complexity index is 1350. The van der Waals surface area contributed by atoms with Gasteiger partial charge in [-0.2, -0.15) is 9.78 Å². The van der Waals surface area contributed by atoms with Crippen molar-refractivity contribution >= 4 is 50.6 Å². The van der Waals surface area contributed by atoms with Crippen molar-refractivity contribution in [1.82, 2.24) is 9.66 Å². The van der Waals surface area contributed by atoms with Gasteiger partial charge in [-0.05, 0) is 44.0 Å². The van der Waals surface area contributed by atoms with Crippen LogP contribution in [0.5, 0.6) is 11.5 Å². The van der Waals surface area contributed by atoms with Crippen molar-refractivity contribution in [2.45, 2.75) is 44.9 Å². The van der Waals surface area contributed by atoms with Crippen LogP contribution in [-0.4, -0.2) is 42.2 Å². The van der Waals surface area contributed by atoms with Crippen LogP contribution in [0.3, 0.4) is 0 Å². The summed E-state index contributed by atoms with van der Waals surface area (Å²) in [5, 5.41) is 5.41. The summed E-state index contributed by atoms with van der Waals surface area (Å²) < 4.78 is 18.2. The summed E-state index contributed by atoms with van der Waals surface area (Å²) >= 11 is 9.74. The molecule has 1 fully saturated rings. The van der Waals surface area contributed by atoms with Gasteiger partial charge in [-0.25, -0.2) is 9.78 Å². The van der Waals surface area contributed by atoms with E-state index in [9.17, 15) is 9.59 Å². The summed E-state index contributed by atoms with van der Waals surface area (Å²) in [4.78, 5) is 30.3. The number of hydrogen-bond acceptors (Lipinski definition) is 7. The maximum Gasteiger partial charge on any atom is 0.344 e. The lowest BCUT2D eigenvalue weighted by atomic mass is 9.88. The largest absolute Gasteiger partial charge is 0.493 e. The van der Waals surface area contributed by atoms with Gasteiger partial charge in [-0.3, -0.25) is 4.79 Å². The summed E-state index contributed by atoms with van der Waals surface area (Å²) in [6, 6.07) is 8.67. The van der Waals surface area contributed by atoms with Crippen molar-refractivity contribution in [3.05, 3.63) is 61.6 Å². The molecule has 36 heavy (non-hydrogen) atoms. The van der Waals surface area contributed by atoms with Crippen molar-refractivity contribution in [3.63, 3.8) is 0 Å². The quantitative estimate of drug-likeness (QED) is 0.253. The van der Waals surface area contributed by atoms with E-state index in [1.54, 1.807) is 25.1 Å². The van der Waals surface area contributed by atoms with Crippen LogP contribution < -0.4 is 15.0 Å². The number of aromatic nitrogens is 2. The minimum absolute atomic E-state index is 0.130. The normalized spacial score (nSPS) is 14.3. The molecule has 1 aliphatic carbocycles. The van der Waals surface area contributed by atoms with Gasteiger partial charge in [0.2, 0.25) is 0 Å². The van der Waals surface area contributed by atoms with Crippen LogP contribution in [0.25, 0.3) is 10.9 Å². The zero-order valence-corrected chi connectivity index (χ0v) is 22.5. The smallest absolute Gasteiger partial charge is 0.344 e. The zero-order chi connectivity index (χ0) is 25.7. The van der Waals surface area contributed by atoms with E-state index in [4.69, 9.17) is 30.8 Å². The fourth-order valence-corrected chi connectivity index (χ4v) is 4.92. The lowest BCUT2D eigenvalue weighted by Crippen LogP contribution is -2.25. The molecule has 3 aromatic rings. The molecule has 1 aliphatic rings. The molecule has 0 aliphatic heterocycles. The van der Waals surface area contributed by atoms with Crippen LogP contribution >= 0.6 is 27.5 Å². The molecule has 190 valence electrons. The van der Waals surface area contributed by atoms with Crippen molar-refractivity contribution in [2.24, 2.45) is 5.10 Å². The Balaban J connectivity index is 1.81. The van der Waals surface area contributed by atoms with E-state index >= 15 is 0 Å². The third kappa shape index (κ3) is 5.90. The van der Waals surface area contributed by atoms with Gasteiger partial charge in [-0.15, -0.1) is 0 Å². The van der Waals surface area contributed by atoms with Gasteiger partial charge in [0, 0.05) is 27.0 Å². The molecule has 0 N–H and O–H groups in total. The average Bonchev–Trinajstić information content (AvgIpc) is 2.88. The fourth-order valence-electron chi connectivity index (χ4n) is 4.35. The molecule has 8 nitrogen and oxygen atoms in total. The Labute approximate surface area is 222 Å². The first-order valence-corrected chi connectivity index (χ1v) is 13.0. The third-order valence-corrected chi connectivity index (χ3v) is 6.74. The number of nitrogens with zero attached hydrogens (tertiary/aromatic N) is 3. The maximum absolute atomic E-state index is 13.6. The molecule has 0 amide bonds. The standard InChI is InChI=1S/C26H27BrClN3O5/c1-3-35-23(32)15-36-24-17(11-19(28)13-22(24)34-2)14-29-31-25(16-7-5-4-6-8-16)30-21-10-9-18(27)12-20(21)26(31)33/h9-14,16H,3-8,15H2,1-2H3. The van der Waals surface area contributed by atoms with Gasteiger partial charge < -0.3 is 14.2 Å². The number of halogens is 2. The number of esters is 1. The molecule has 1 heterocycles. The second-order valence-electron chi connectivity index (χ2n) is 8.45. The summed E-state index contributed by atoms with van der Waals surface area (Å²) in [7, 11) is 1.47. The monoisotopic (exact) mass is 575 g/mol. The third-order valence-electron chi connectivity index (χ3n) is 6.02. The first-order valence-electron chi connectivity index (χ1n) is 11.8. The predicted octanol–water partition coefficient (Wildman–Crippen LogP) is 5.69. The fraction of sp³-hybridized carbons (Fsp3) is 0.385. The molecular weight excluding hydrogens is 550 g/mol. The molecule has 0 unspecified atom stereocenters. The molecule has 1 aromatic heterocycles. The van der Waals surface area contributed by atoms with Crippen molar-refractivity contribution in [3.8, 4) is 11.5 Å². The Kier molecular flexibility index (Phi) is 8.64. The minimum Gasteiger partial charge on any atom is -0.493 e. The highest BCUT2D eigenvalue weighted by Crippen LogP contribution is 2.35. The molecule has 0 bridgehead atoms. The average molecular weight is 577 g/mol. The predicted molar refractivity (Wildman–Crippen MR) is 143 cm³/mol. The van der Waals surface area contributed by atoms with E-state index in [1.807, 2.05) is 12.1 Å². The number of hydrogen-bond donors (Lipinski definition) is 0. The number of carbonyl (C=O) groups excluding carboxylic acids is 1. The van der Waals surface area contributed by atoms with E-state index in [0.717, 1.165) is 30.2 Å². The highest BCUT2D eigenvalue weighted by Gasteiger charge is 2.23. The molecule has 0 atom stereocenters. The Morgan fingerprint density at radius 2 is 2.03 bits per heavy atom. The number of fused-ring (bicyclic) bond motifs is 1. The van der Waals surface area contributed by atoms with Crippen molar-refractivity contribution in [2.75, 3.05) is 20.3 Å². The SMILES string of the molecule is CCOC(=O)COc1c(C=Nn2c(C3CCCCC3)nc3ccc(Br)cc3c2=O)cc(Cl)cc1OC. The van der Waals surface area contributed by atoms with Crippen LogP contribution in [0.4, 0.5) is 0 Å². The van der Waals surface area contributed by atoms with Gasteiger partial charge in [-0.1, -0.05) is 46.8 Å².